The Labute approximate surface area is 129 Å². The van der Waals surface area contributed by atoms with Crippen LogP contribution in [0.4, 0.5) is 0 Å². The highest BCUT2D eigenvalue weighted by molar-refractivity contribution is 5.40. The molecule has 2 aromatic carbocycles. The summed E-state index contributed by atoms with van der Waals surface area (Å²) in [5, 5.41) is 29.5. The molecule has 0 fully saturated rings. The molecule has 2 aromatic rings. The summed E-state index contributed by atoms with van der Waals surface area (Å²) in [7, 11) is 1.52. The van der Waals surface area contributed by atoms with Gasteiger partial charge < -0.3 is 24.8 Å². The molecular formula is C17H20O5. The van der Waals surface area contributed by atoms with Crippen molar-refractivity contribution in [3.63, 3.8) is 0 Å². The third kappa shape index (κ3) is 3.50. The van der Waals surface area contributed by atoms with Crippen LogP contribution in [0.2, 0.25) is 0 Å². The predicted molar refractivity (Wildman–Crippen MR) is 82.3 cm³/mol. The van der Waals surface area contributed by atoms with Crippen molar-refractivity contribution in [1.82, 2.24) is 0 Å². The molecule has 5 heteroatoms. The van der Waals surface area contributed by atoms with Gasteiger partial charge in [0.05, 0.1) is 13.7 Å². The predicted octanol–water partition coefficient (Wildman–Crippen LogP) is 2.18. The molecule has 0 radical (unpaired) electrons. The van der Waals surface area contributed by atoms with E-state index in [1.54, 1.807) is 43.3 Å². The molecule has 0 heterocycles. The molecule has 0 aliphatic heterocycles. The van der Waals surface area contributed by atoms with E-state index < -0.39 is 12.2 Å². The van der Waals surface area contributed by atoms with Crippen LogP contribution in [0.3, 0.4) is 0 Å². The van der Waals surface area contributed by atoms with Crippen molar-refractivity contribution in [2.24, 2.45) is 0 Å². The average molecular weight is 304 g/mol. The number of phenols is 1. The largest absolute Gasteiger partial charge is 0.508 e. The first-order valence-electron chi connectivity index (χ1n) is 6.95. The fraction of sp³-hybridized carbons (Fsp3) is 0.294. The summed E-state index contributed by atoms with van der Waals surface area (Å²) in [6.45, 7) is 1.37. The summed E-state index contributed by atoms with van der Waals surface area (Å²) in [6.07, 6.45) is -1.88. The number of benzene rings is 2. The fourth-order valence-electron chi connectivity index (χ4n) is 2.16. The van der Waals surface area contributed by atoms with Crippen molar-refractivity contribution < 1.29 is 24.8 Å². The fourth-order valence-corrected chi connectivity index (χ4v) is 2.16. The van der Waals surface area contributed by atoms with Crippen molar-refractivity contribution in [2.45, 2.75) is 19.1 Å². The normalized spacial score (nSPS) is 13.5. The van der Waals surface area contributed by atoms with Crippen LogP contribution >= 0.6 is 0 Å². The third-order valence-corrected chi connectivity index (χ3v) is 3.44. The number of aryl methyl sites for hydroxylation is 1. The smallest absolute Gasteiger partial charge is 0.161 e. The van der Waals surface area contributed by atoms with E-state index in [0.29, 0.717) is 22.6 Å². The van der Waals surface area contributed by atoms with E-state index in [9.17, 15) is 15.3 Å². The van der Waals surface area contributed by atoms with Crippen LogP contribution in [0.5, 0.6) is 17.2 Å². The van der Waals surface area contributed by atoms with Crippen LogP contribution in [-0.4, -0.2) is 35.1 Å². The number of para-hydroxylation sites is 2. The van der Waals surface area contributed by atoms with Gasteiger partial charge in [0.2, 0.25) is 0 Å². The Hall–Kier alpha value is -2.24. The Kier molecular flexibility index (Phi) is 5.25. The molecule has 2 atom stereocenters. The lowest BCUT2D eigenvalue weighted by Gasteiger charge is -2.24. The Morgan fingerprint density at radius 2 is 1.77 bits per heavy atom. The lowest BCUT2D eigenvalue weighted by atomic mass is 10.0. The molecular weight excluding hydrogens is 284 g/mol. The number of aromatic hydroxyl groups is 1. The zero-order valence-corrected chi connectivity index (χ0v) is 12.6. The van der Waals surface area contributed by atoms with Gasteiger partial charge in [0.1, 0.15) is 11.9 Å². The second kappa shape index (κ2) is 7.15. The monoisotopic (exact) mass is 304 g/mol. The molecule has 0 amide bonds. The van der Waals surface area contributed by atoms with Crippen molar-refractivity contribution in [3.05, 3.63) is 53.6 Å². The number of aliphatic hydroxyl groups is 2. The maximum atomic E-state index is 10.4. The topological polar surface area (TPSA) is 79.2 Å². The third-order valence-electron chi connectivity index (χ3n) is 3.44. The molecule has 2 rings (SSSR count). The summed E-state index contributed by atoms with van der Waals surface area (Å²) in [6, 6.07) is 11.8. The molecule has 0 bridgehead atoms. The van der Waals surface area contributed by atoms with Gasteiger partial charge in [-0.05, 0) is 42.3 Å². The molecule has 5 nitrogen and oxygen atoms in total. The van der Waals surface area contributed by atoms with E-state index in [4.69, 9.17) is 9.47 Å². The van der Waals surface area contributed by atoms with Crippen LogP contribution < -0.4 is 9.47 Å². The van der Waals surface area contributed by atoms with Crippen molar-refractivity contribution in [1.29, 1.82) is 0 Å². The molecule has 0 aliphatic rings. The molecule has 0 aliphatic carbocycles. The van der Waals surface area contributed by atoms with Crippen molar-refractivity contribution in [2.75, 3.05) is 13.7 Å². The van der Waals surface area contributed by atoms with E-state index in [0.717, 1.165) is 0 Å². The quantitative estimate of drug-likeness (QED) is 0.762. The highest BCUT2D eigenvalue weighted by Gasteiger charge is 2.23. The molecule has 0 saturated heterocycles. The van der Waals surface area contributed by atoms with E-state index in [2.05, 4.69) is 0 Å². The molecule has 0 aromatic heterocycles. The van der Waals surface area contributed by atoms with Gasteiger partial charge in [0.25, 0.3) is 0 Å². The first-order chi connectivity index (χ1) is 10.6. The van der Waals surface area contributed by atoms with Gasteiger partial charge in [-0.25, -0.2) is 0 Å². The van der Waals surface area contributed by atoms with Gasteiger partial charge in [-0.15, -0.1) is 0 Å². The standard InChI is InChI=1S/C17H20O5/c1-11-9-12(7-8-13(11)19)17(20)16(10-18)22-15-6-4-3-5-14(15)21-2/h3-9,16-20H,10H2,1-2H3. The van der Waals surface area contributed by atoms with E-state index in [1.807, 2.05) is 0 Å². The number of ether oxygens (including phenoxy) is 2. The van der Waals surface area contributed by atoms with Gasteiger partial charge in [-0.1, -0.05) is 18.2 Å². The second-order valence-corrected chi connectivity index (χ2v) is 4.98. The zero-order chi connectivity index (χ0) is 16.1. The van der Waals surface area contributed by atoms with Gasteiger partial charge in [0.15, 0.2) is 17.6 Å². The number of phenolic OH excluding ortho intramolecular Hbond substituents is 1. The van der Waals surface area contributed by atoms with Crippen LogP contribution in [0.25, 0.3) is 0 Å². The van der Waals surface area contributed by atoms with E-state index in [1.165, 1.54) is 13.2 Å². The highest BCUT2D eigenvalue weighted by Crippen LogP contribution is 2.30. The number of rotatable bonds is 6. The van der Waals surface area contributed by atoms with Gasteiger partial charge in [-0.3, -0.25) is 0 Å². The number of hydrogen-bond acceptors (Lipinski definition) is 5. The number of methoxy groups -OCH3 is 1. The number of aliphatic hydroxyl groups excluding tert-OH is 2. The zero-order valence-electron chi connectivity index (χ0n) is 12.6. The van der Waals surface area contributed by atoms with Gasteiger partial charge >= 0.3 is 0 Å². The Balaban J connectivity index is 2.21. The summed E-state index contributed by atoms with van der Waals surface area (Å²) < 4.78 is 10.9. The molecule has 2 unspecified atom stereocenters. The lowest BCUT2D eigenvalue weighted by Crippen LogP contribution is -2.29. The molecule has 0 saturated carbocycles. The second-order valence-electron chi connectivity index (χ2n) is 4.98. The average Bonchev–Trinajstić information content (AvgIpc) is 2.54. The molecule has 0 spiro atoms. The minimum Gasteiger partial charge on any atom is -0.508 e. The number of hydrogen-bond donors (Lipinski definition) is 3. The van der Waals surface area contributed by atoms with Crippen molar-refractivity contribution >= 4 is 0 Å². The van der Waals surface area contributed by atoms with E-state index >= 15 is 0 Å². The van der Waals surface area contributed by atoms with E-state index in [-0.39, 0.29) is 12.4 Å². The SMILES string of the molecule is COc1ccccc1OC(CO)C(O)c1ccc(O)c(C)c1. The molecule has 3 N–H and O–H groups in total. The van der Waals surface area contributed by atoms with Crippen LogP contribution in [0, 0.1) is 6.92 Å². The Bertz CT molecular complexity index is 626. The highest BCUT2D eigenvalue weighted by atomic mass is 16.5. The molecule has 22 heavy (non-hydrogen) atoms. The lowest BCUT2D eigenvalue weighted by molar-refractivity contribution is -0.000447. The Morgan fingerprint density at radius 1 is 1.09 bits per heavy atom. The molecule has 118 valence electrons. The van der Waals surface area contributed by atoms with Crippen LogP contribution in [0.15, 0.2) is 42.5 Å². The van der Waals surface area contributed by atoms with Gasteiger partial charge in [-0.2, -0.15) is 0 Å². The summed E-state index contributed by atoms with van der Waals surface area (Å²) in [4.78, 5) is 0. The summed E-state index contributed by atoms with van der Waals surface area (Å²) in [5.41, 5.74) is 1.20. The van der Waals surface area contributed by atoms with Crippen molar-refractivity contribution in [3.8, 4) is 17.2 Å². The summed E-state index contributed by atoms with van der Waals surface area (Å²) in [5.74, 6) is 1.12. The first kappa shape index (κ1) is 16.1. The maximum Gasteiger partial charge on any atom is 0.161 e. The van der Waals surface area contributed by atoms with Gasteiger partial charge in [0, 0.05) is 0 Å². The Morgan fingerprint density at radius 3 is 2.36 bits per heavy atom. The maximum absolute atomic E-state index is 10.4. The minimum absolute atomic E-state index is 0.155. The minimum atomic E-state index is -1.03. The van der Waals surface area contributed by atoms with Crippen LogP contribution in [-0.2, 0) is 0 Å². The van der Waals surface area contributed by atoms with Crippen LogP contribution in [0.1, 0.15) is 17.2 Å². The first-order valence-corrected chi connectivity index (χ1v) is 6.95. The summed E-state index contributed by atoms with van der Waals surface area (Å²) >= 11 is 0.